The molecule has 0 aliphatic rings. The number of hydrogen-bond donors (Lipinski definition) is 0. The van der Waals surface area contributed by atoms with Gasteiger partial charge in [-0.2, -0.15) is 0 Å². The van der Waals surface area contributed by atoms with E-state index in [0.717, 1.165) is 19.4 Å². The van der Waals surface area contributed by atoms with E-state index >= 15 is 0 Å². The van der Waals surface area contributed by atoms with Crippen LogP contribution in [0.5, 0.6) is 0 Å². The van der Waals surface area contributed by atoms with Gasteiger partial charge in [-0.25, -0.2) is 0 Å². The van der Waals surface area contributed by atoms with E-state index in [1.807, 2.05) is 6.92 Å². The molecule has 1 unspecified atom stereocenters. The normalized spacial score (nSPS) is 12.3. The molecule has 0 saturated heterocycles. The number of carbonyl (C=O) groups excluding carboxylic acids is 1. The van der Waals surface area contributed by atoms with Gasteiger partial charge in [0.15, 0.2) is 0 Å². The maximum Gasteiger partial charge on any atom is 0.305 e. The van der Waals surface area contributed by atoms with Crippen molar-refractivity contribution in [3.63, 3.8) is 0 Å². The predicted molar refractivity (Wildman–Crippen MR) is 107 cm³/mol. The van der Waals surface area contributed by atoms with Crippen molar-refractivity contribution in [1.29, 1.82) is 0 Å². The number of esters is 1. The fraction of sp³-hybridized carbons (Fsp3) is 0.955. The van der Waals surface area contributed by atoms with Crippen LogP contribution in [0.3, 0.4) is 0 Å². The van der Waals surface area contributed by atoms with Crippen LogP contribution in [0.4, 0.5) is 0 Å². The summed E-state index contributed by atoms with van der Waals surface area (Å²) < 4.78 is 10.6. The first kappa shape index (κ1) is 24.4. The third kappa shape index (κ3) is 19.6. The highest BCUT2D eigenvalue weighted by molar-refractivity contribution is 5.69. The predicted octanol–water partition coefficient (Wildman–Crippen LogP) is 6.83. The van der Waals surface area contributed by atoms with Gasteiger partial charge < -0.3 is 9.47 Å². The summed E-state index contributed by atoms with van der Waals surface area (Å²) in [5.41, 5.74) is 0. The average molecular weight is 357 g/mol. The molecule has 3 nitrogen and oxygen atoms in total. The van der Waals surface area contributed by atoms with E-state index in [0.29, 0.717) is 19.1 Å². The lowest BCUT2D eigenvalue weighted by Gasteiger charge is -2.09. The second kappa shape index (κ2) is 19.8. The van der Waals surface area contributed by atoms with Crippen LogP contribution in [-0.2, 0) is 14.3 Å². The van der Waals surface area contributed by atoms with Gasteiger partial charge in [0.1, 0.15) is 0 Å². The van der Waals surface area contributed by atoms with Crippen LogP contribution >= 0.6 is 0 Å². The molecule has 0 aromatic heterocycles. The lowest BCUT2D eigenvalue weighted by Crippen LogP contribution is -2.07. The molecular formula is C22H44O3. The first-order valence-electron chi connectivity index (χ1n) is 11.0. The van der Waals surface area contributed by atoms with Crippen molar-refractivity contribution in [3.05, 3.63) is 0 Å². The fourth-order valence-corrected chi connectivity index (χ4v) is 2.95. The van der Waals surface area contributed by atoms with Crippen LogP contribution in [0.1, 0.15) is 117 Å². The van der Waals surface area contributed by atoms with Gasteiger partial charge in [-0.05, 0) is 33.1 Å². The number of ether oxygens (including phenoxy) is 2. The minimum atomic E-state index is -0.0365. The molecule has 1 atom stereocenters. The minimum absolute atomic E-state index is 0.0365. The van der Waals surface area contributed by atoms with E-state index in [2.05, 4.69) is 13.8 Å². The Morgan fingerprint density at radius 3 is 1.60 bits per heavy atom. The highest BCUT2D eigenvalue weighted by atomic mass is 16.5. The van der Waals surface area contributed by atoms with Crippen LogP contribution in [-0.4, -0.2) is 25.3 Å². The molecule has 0 aromatic rings. The highest BCUT2D eigenvalue weighted by Crippen LogP contribution is 2.13. The SMILES string of the molecule is CCOC(=O)CCCCCCCCCCCCCCCOC(C)CC. The quantitative estimate of drug-likeness (QED) is 0.188. The molecule has 3 heteroatoms. The molecule has 0 aliphatic heterocycles. The van der Waals surface area contributed by atoms with E-state index in [4.69, 9.17) is 9.47 Å². The molecule has 0 N–H and O–H groups in total. The molecule has 150 valence electrons. The van der Waals surface area contributed by atoms with Crippen molar-refractivity contribution in [1.82, 2.24) is 0 Å². The molecule has 0 heterocycles. The summed E-state index contributed by atoms with van der Waals surface area (Å²) >= 11 is 0. The van der Waals surface area contributed by atoms with E-state index in [9.17, 15) is 4.79 Å². The largest absolute Gasteiger partial charge is 0.466 e. The Morgan fingerprint density at radius 2 is 1.16 bits per heavy atom. The van der Waals surface area contributed by atoms with Crippen molar-refractivity contribution in [2.45, 2.75) is 123 Å². The molecule has 0 fully saturated rings. The monoisotopic (exact) mass is 356 g/mol. The van der Waals surface area contributed by atoms with Gasteiger partial charge in [0.05, 0.1) is 12.7 Å². The van der Waals surface area contributed by atoms with Gasteiger partial charge in [-0.3, -0.25) is 4.79 Å². The topological polar surface area (TPSA) is 35.5 Å². The van der Waals surface area contributed by atoms with Gasteiger partial charge in [0.25, 0.3) is 0 Å². The van der Waals surface area contributed by atoms with Crippen molar-refractivity contribution in [3.8, 4) is 0 Å². The maximum atomic E-state index is 11.2. The Bertz CT molecular complexity index is 278. The zero-order chi connectivity index (χ0) is 18.6. The van der Waals surface area contributed by atoms with Crippen LogP contribution in [0, 0.1) is 0 Å². The van der Waals surface area contributed by atoms with E-state index in [1.165, 1.54) is 77.0 Å². The first-order chi connectivity index (χ1) is 12.2. The molecule has 0 spiro atoms. The summed E-state index contributed by atoms with van der Waals surface area (Å²) in [7, 11) is 0. The fourth-order valence-electron chi connectivity index (χ4n) is 2.95. The Balaban J connectivity index is 3.06. The third-order valence-electron chi connectivity index (χ3n) is 4.81. The molecule has 0 aromatic carbocycles. The number of hydrogen-bond acceptors (Lipinski definition) is 3. The summed E-state index contributed by atoms with van der Waals surface area (Å²) in [4.78, 5) is 11.2. The zero-order valence-electron chi connectivity index (χ0n) is 17.3. The molecule has 0 radical (unpaired) electrons. The molecule has 25 heavy (non-hydrogen) atoms. The summed E-state index contributed by atoms with van der Waals surface area (Å²) in [5.74, 6) is -0.0365. The number of carbonyl (C=O) groups is 1. The minimum Gasteiger partial charge on any atom is -0.466 e. The maximum absolute atomic E-state index is 11.2. The molecule has 0 saturated carbocycles. The highest BCUT2D eigenvalue weighted by Gasteiger charge is 2.00. The van der Waals surface area contributed by atoms with Crippen LogP contribution in [0.25, 0.3) is 0 Å². The molecule has 0 aliphatic carbocycles. The molecular weight excluding hydrogens is 312 g/mol. The van der Waals surface area contributed by atoms with Crippen LogP contribution < -0.4 is 0 Å². The van der Waals surface area contributed by atoms with Gasteiger partial charge in [-0.15, -0.1) is 0 Å². The second-order valence-corrected chi connectivity index (χ2v) is 7.24. The number of rotatable bonds is 19. The van der Waals surface area contributed by atoms with Gasteiger partial charge in [-0.1, -0.05) is 77.6 Å². The Kier molecular flexibility index (Phi) is 19.3. The van der Waals surface area contributed by atoms with Crippen molar-refractivity contribution < 1.29 is 14.3 Å². The molecule has 0 amide bonds. The van der Waals surface area contributed by atoms with Gasteiger partial charge in [0, 0.05) is 13.0 Å². The van der Waals surface area contributed by atoms with Crippen molar-refractivity contribution >= 4 is 5.97 Å². The number of unbranched alkanes of at least 4 members (excludes halogenated alkanes) is 12. The van der Waals surface area contributed by atoms with Crippen molar-refractivity contribution in [2.24, 2.45) is 0 Å². The second-order valence-electron chi connectivity index (χ2n) is 7.24. The molecule has 0 bridgehead atoms. The smallest absolute Gasteiger partial charge is 0.305 e. The van der Waals surface area contributed by atoms with Gasteiger partial charge in [0.2, 0.25) is 0 Å². The van der Waals surface area contributed by atoms with E-state index < -0.39 is 0 Å². The Hall–Kier alpha value is -0.570. The first-order valence-corrected chi connectivity index (χ1v) is 11.0. The van der Waals surface area contributed by atoms with E-state index in [-0.39, 0.29) is 5.97 Å². The van der Waals surface area contributed by atoms with Gasteiger partial charge >= 0.3 is 5.97 Å². The Labute approximate surface area is 157 Å². The lowest BCUT2D eigenvalue weighted by atomic mass is 10.0. The Morgan fingerprint density at radius 1 is 0.720 bits per heavy atom. The standard InChI is InChI=1S/C22H44O3/c1-4-21(3)25-20-18-16-14-12-10-8-6-7-9-11-13-15-17-19-22(23)24-5-2/h21H,4-20H2,1-3H3. The third-order valence-corrected chi connectivity index (χ3v) is 4.81. The van der Waals surface area contributed by atoms with Crippen LogP contribution in [0.2, 0.25) is 0 Å². The van der Waals surface area contributed by atoms with E-state index in [1.54, 1.807) is 0 Å². The summed E-state index contributed by atoms with van der Waals surface area (Å²) in [6.07, 6.45) is 19.1. The summed E-state index contributed by atoms with van der Waals surface area (Å²) in [6.45, 7) is 7.64. The summed E-state index contributed by atoms with van der Waals surface area (Å²) in [5, 5.41) is 0. The lowest BCUT2D eigenvalue weighted by molar-refractivity contribution is -0.143. The summed E-state index contributed by atoms with van der Waals surface area (Å²) in [6, 6.07) is 0. The van der Waals surface area contributed by atoms with Crippen LogP contribution in [0.15, 0.2) is 0 Å². The van der Waals surface area contributed by atoms with Crippen molar-refractivity contribution in [2.75, 3.05) is 13.2 Å². The molecule has 0 rings (SSSR count). The zero-order valence-corrected chi connectivity index (χ0v) is 17.3. The average Bonchev–Trinajstić information content (AvgIpc) is 2.61.